The van der Waals surface area contributed by atoms with Gasteiger partial charge in [0.1, 0.15) is 25.5 Å². The molecule has 2 aromatic carbocycles. The molecular formula is C17H14Cl3NO4. The third-order valence-corrected chi connectivity index (χ3v) is 3.76. The smallest absolute Gasteiger partial charge is 0.325 e. The molecule has 0 heterocycles. The fraction of sp³-hybridized carbons (Fsp3) is 0.176. The summed E-state index contributed by atoms with van der Waals surface area (Å²) >= 11 is 17.5. The van der Waals surface area contributed by atoms with Crippen LogP contribution in [-0.2, 0) is 9.53 Å². The molecule has 132 valence electrons. The predicted octanol–water partition coefficient (Wildman–Crippen LogP) is 4.00. The SMILES string of the molecule is O=C(CNC(=O)c1ccc(Cl)cc1Cl)OCCOc1cccc(Cl)c1. The maximum atomic E-state index is 11.9. The van der Waals surface area contributed by atoms with Crippen LogP contribution in [0.2, 0.25) is 15.1 Å². The molecule has 0 fully saturated rings. The number of hydrogen-bond acceptors (Lipinski definition) is 4. The lowest BCUT2D eigenvalue weighted by Crippen LogP contribution is -2.31. The Morgan fingerprint density at radius 3 is 2.44 bits per heavy atom. The summed E-state index contributed by atoms with van der Waals surface area (Å²) in [5.74, 6) is -0.504. The summed E-state index contributed by atoms with van der Waals surface area (Å²) in [6.45, 7) is -0.0685. The van der Waals surface area contributed by atoms with E-state index in [0.29, 0.717) is 15.8 Å². The summed E-state index contributed by atoms with van der Waals surface area (Å²) in [6.07, 6.45) is 0. The highest BCUT2D eigenvalue weighted by Crippen LogP contribution is 2.20. The first-order valence-corrected chi connectivity index (χ1v) is 8.36. The monoisotopic (exact) mass is 401 g/mol. The highest BCUT2D eigenvalue weighted by atomic mass is 35.5. The Balaban J connectivity index is 1.69. The van der Waals surface area contributed by atoms with Gasteiger partial charge in [0.25, 0.3) is 5.91 Å². The number of hydrogen-bond donors (Lipinski definition) is 1. The van der Waals surface area contributed by atoms with E-state index in [-0.39, 0.29) is 30.3 Å². The molecule has 2 aromatic rings. The Bertz CT molecular complexity index is 767. The molecular weight excluding hydrogens is 389 g/mol. The van der Waals surface area contributed by atoms with E-state index >= 15 is 0 Å². The molecule has 0 aliphatic carbocycles. The summed E-state index contributed by atoms with van der Waals surface area (Å²) in [7, 11) is 0. The minimum absolute atomic E-state index is 0.0446. The van der Waals surface area contributed by atoms with Crippen LogP contribution in [0.1, 0.15) is 10.4 Å². The maximum absolute atomic E-state index is 11.9. The molecule has 0 radical (unpaired) electrons. The zero-order chi connectivity index (χ0) is 18.2. The number of benzene rings is 2. The molecule has 0 saturated heterocycles. The van der Waals surface area contributed by atoms with Crippen molar-refractivity contribution in [2.24, 2.45) is 0 Å². The van der Waals surface area contributed by atoms with Gasteiger partial charge in [0.05, 0.1) is 10.6 Å². The number of rotatable bonds is 7. The molecule has 0 aromatic heterocycles. The number of esters is 1. The lowest BCUT2D eigenvalue weighted by atomic mass is 10.2. The molecule has 0 bridgehead atoms. The highest BCUT2D eigenvalue weighted by Gasteiger charge is 2.12. The van der Waals surface area contributed by atoms with Gasteiger partial charge in [-0.25, -0.2) is 0 Å². The first-order valence-electron chi connectivity index (χ1n) is 7.23. The van der Waals surface area contributed by atoms with Crippen LogP contribution < -0.4 is 10.1 Å². The second kappa shape index (κ2) is 9.51. The van der Waals surface area contributed by atoms with Crippen LogP contribution in [-0.4, -0.2) is 31.6 Å². The topological polar surface area (TPSA) is 64.6 Å². The largest absolute Gasteiger partial charge is 0.490 e. The molecule has 0 unspecified atom stereocenters. The molecule has 1 N–H and O–H groups in total. The van der Waals surface area contributed by atoms with Gasteiger partial charge in [-0.15, -0.1) is 0 Å². The number of carbonyl (C=O) groups is 2. The Hall–Kier alpha value is -1.95. The van der Waals surface area contributed by atoms with E-state index in [1.807, 2.05) is 0 Å². The molecule has 0 saturated carbocycles. The molecule has 5 nitrogen and oxygen atoms in total. The van der Waals surface area contributed by atoms with E-state index in [0.717, 1.165) is 0 Å². The molecule has 0 atom stereocenters. The van der Waals surface area contributed by atoms with Crippen molar-refractivity contribution in [2.75, 3.05) is 19.8 Å². The number of nitrogens with one attached hydrogen (secondary N) is 1. The Labute approximate surface area is 159 Å². The second-order valence-corrected chi connectivity index (χ2v) is 6.11. The van der Waals surface area contributed by atoms with E-state index in [4.69, 9.17) is 44.3 Å². The zero-order valence-corrected chi connectivity index (χ0v) is 15.2. The van der Waals surface area contributed by atoms with Crippen molar-refractivity contribution in [3.63, 3.8) is 0 Å². The molecule has 0 aliphatic rings. The van der Waals surface area contributed by atoms with Gasteiger partial charge >= 0.3 is 5.97 Å². The lowest BCUT2D eigenvalue weighted by molar-refractivity contribution is -0.143. The molecule has 2 rings (SSSR count). The molecule has 1 amide bonds. The predicted molar refractivity (Wildman–Crippen MR) is 96.7 cm³/mol. The quantitative estimate of drug-likeness (QED) is 0.561. The number of carbonyl (C=O) groups excluding carboxylic acids is 2. The van der Waals surface area contributed by atoms with Crippen LogP contribution in [0.15, 0.2) is 42.5 Å². The molecule has 8 heteroatoms. The van der Waals surface area contributed by atoms with E-state index in [2.05, 4.69) is 5.32 Å². The Morgan fingerprint density at radius 2 is 1.72 bits per heavy atom. The Morgan fingerprint density at radius 1 is 0.960 bits per heavy atom. The van der Waals surface area contributed by atoms with Crippen LogP contribution in [0.3, 0.4) is 0 Å². The van der Waals surface area contributed by atoms with Crippen molar-refractivity contribution in [2.45, 2.75) is 0 Å². The van der Waals surface area contributed by atoms with Crippen LogP contribution in [0, 0.1) is 0 Å². The first kappa shape index (κ1) is 19.4. The minimum atomic E-state index is -0.590. The van der Waals surface area contributed by atoms with Crippen molar-refractivity contribution in [3.8, 4) is 5.75 Å². The van der Waals surface area contributed by atoms with Crippen molar-refractivity contribution in [1.29, 1.82) is 0 Å². The van der Waals surface area contributed by atoms with Crippen molar-refractivity contribution < 1.29 is 19.1 Å². The lowest BCUT2D eigenvalue weighted by Gasteiger charge is -2.09. The van der Waals surface area contributed by atoms with Gasteiger partial charge in [0.15, 0.2) is 0 Å². The number of amides is 1. The first-order chi connectivity index (χ1) is 12.0. The van der Waals surface area contributed by atoms with Crippen molar-refractivity contribution >= 4 is 46.7 Å². The summed E-state index contributed by atoms with van der Waals surface area (Å²) in [5, 5.41) is 3.60. The van der Waals surface area contributed by atoms with Crippen molar-refractivity contribution in [1.82, 2.24) is 5.32 Å². The van der Waals surface area contributed by atoms with Gasteiger partial charge in [0, 0.05) is 10.0 Å². The minimum Gasteiger partial charge on any atom is -0.490 e. The maximum Gasteiger partial charge on any atom is 0.325 e. The van der Waals surface area contributed by atoms with Gasteiger partial charge < -0.3 is 14.8 Å². The van der Waals surface area contributed by atoms with E-state index in [9.17, 15) is 9.59 Å². The van der Waals surface area contributed by atoms with Gasteiger partial charge in [-0.3, -0.25) is 9.59 Å². The normalized spacial score (nSPS) is 10.2. The number of ether oxygens (including phenoxy) is 2. The van der Waals surface area contributed by atoms with Crippen molar-refractivity contribution in [3.05, 3.63) is 63.1 Å². The fourth-order valence-electron chi connectivity index (χ4n) is 1.84. The Kier molecular flexibility index (Phi) is 7.37. The second-order valence-electron chi connectivity index (χ2n) is 4.83. The summed E-state index contributed by atoms with van der Waals surface area (Å²) < 4.78 is 10.3. The third-order valence-electron chi connectivity index (χ3n) is 2.98. The molecule has 0 spiro atoms. The average Bonchev–Trinajstić information content (AvgIpc) is 2.56. The van der Waals surface area contributed by atoms with Gasteiger partial charge in [-0.05, 0) is 36.4 Å². The number of halogens is 3. The van der Waals surface area contributed by atoms with Crippen LogP contribution in [0.25, 0.3) is 0 Å². The average molecular weight is 403 g/mol. The summed E-state index contributed by atoms with van der Waals surface area (Å²) in [4.78, 5) is 23.6. The van der Waals surface area contributed by atoms with Crippen LogP contribution >= 0.6 is 34.8 Å². The van der Waals surface area contributed by atoms with Gasteiger partial charge in [-0.2, -0.15) is 0 Å². The molecule has 0 aliphatic heterocycles. The van der Waals surface area contributed by atoms with E-state index in [1.165, 1.54) is 18.2 Å². The molecule has 25 heavy (non-hydrogen) atoms. The standard InChI is InChI=1S/C17H14Cl3NO4/c18-11-2-1-3-13(8-11)24-6-7-25-16(22)10-21-17(23)14-5-4-12(19)9-15(14)20/h1-5,8-9H,6-7,10H2,(H,21,23). The van der Waals surface area contributed by atoms with Gasteiger partial charge in [0.2, 0.25) is 0 Å². The van der Waals surface area contributed by atoms with Crippen LogP contribution in [0.5, 0.6) is 5.75 Å². The highest BCUT2D eigenvalue weighted by molar-refractivity contribution is 6.36. The van der Waals surface area contributed by atoms with Gasteiger partial charge in [-0.1, -0.05) is 40.9 Å². The van der Waals surface area contributed by atoms with E-state index in [1.54, 1.807) is 24.3 Å². The third kappa shape index (κ3) is 6.46. The summed E-state index contributed by atoms with van der Waals surface area (Å²) in [6, 6.07) is 11.3. The zero-order valence-electron chi connectivity index (χ0n) is 12.9. The van der Waals surface area contributed by atoms with Crippen LogP contribution in [0.4, 0.5) is 0 Å². The fourth-order valence-corrected chi connectivity index (χ4v) is 2.52. The van der Waals surface area contributed by atoms with E-state index < -0.39 is 11.9 Å². The summed E-state index contributed by atoms with van der Waals surface area (Å²) in [5.41, 5.74) is 0.225.